The van der Waals surface area contributed by atoms with E-state index in [0.29, 0.717) is 22.9 Å². The number of rotatable bonds is 13. The molecule has 0 bridgehead atoms. The van der Waals surface area contributed by atoms with Crippen LogP contribution in [0.1, 0.15) is 0 Å². The Hall–Kier alpha value is -5.42. The van der Waals surface area contributed by atoms with Gasteiger partial charge in [-0.25, -0.2) is 4.57 Å². The summed E-state index contributed by atoms with van der Waals surface area (Å²) >= 11 is 0. The summed E-state index contributed by atoms with van der Waals surface area (Å²) in [6.45, 7) is 0. The molecule has 0 amide bonds. The molecular formula is C36H32N4O4P2. The van der Waals surface area contributed by atoms with Crippen LogP contribution in [0.2, 0.25) is 0 Å². The quantitative estimate of drug-likeness (QED) is 0.0920. The van der Waals surface area contributed by atoms with Crippen LogP contribution in [0.5, 0.6) is 11.5 Å². The lowest BCUT2D eigenvalue weighted by molar-refractivity contribution is 0.393. The molecule has 0 saturated carbocycles. The zero-order chi connectivity index (χ0) is 31.7. The van der Waals surface area contributed by atoms with E-state index in [9.17, 15) is 9.13 Å². The van der Waals surface area contributed by atoms with Gasteiger partial charge in [0.1, 0.15) is 11.5 Å². The number of hydrogen-bond acceptors (Lipinski definition) is 4. The van der Waals surface area contributed by atoms with Crippen molar-refractivity contribution < 1.29 is 18.2 Å². The number of nitrogens with one attached hydrogen (secondary N) is 4. The second-order valence-corrected chi connectivity index (χ2v) is 13.7. The Balaban J connectivity index is 1.17. The SMILES string of the molecule is O=P(Nc1ccccc1)(Nc1ccccc1)Nc1ccc(-c2ccc(NP(=O)(Oc3ccccc3)Oc3ccccc3)cc2)cc1. The van der Waals surface area contributed by atoms with Gasteiger partial charge >= 0.3 is 15.3 Å². The summed E-state index contributed by atoms with van der Waals surface area (Å²) in [6.07, 6.45) is 0. The first-order valence-electron chi connectivity index (χ1n) is 14.6. The molecule has 0 spiro atoms. The van der Waals surface area contributed by atoms with Gasteiger partial charge < -0.3 is 24.3 Å². The van der Waals surface area contributed by atoms with Gasteiger partial charge in [0.05, 0.1) is 0 Å². The lowest BCUT2D eigenvalue weighted by atomic mass is 10.1. The lowest BCUT2D eigenvalue weighted by Gasteiger charge is -2.24. The zero-order valence-electron chi connectivity index (χ0n) is 24.7. The first-order valence-corrected chi connectivity index (χ1v) is 17.8. The number of benzene rings is 6. The van der Waals surface area contributed by atoms with Crippen LogP contribution in [0.15, 0.2) is 170 Å². The maximum atomic E-state index is 14.1. The van der Waals surface area contributed by atoms with Gasteiger partial charge in [-0.2, -0.15) is 0 Å². The summed E-state index contributed by atoms with van der Waals surface area (Å²) in [4.78, 5) is 0. The molecule has 8 nitrogen and oxygen atoms in total. The lowest BCUT2D eigenvalue weighted by Crippen LogP contribution is -2.14. The first kappa shape index (κ1) is 30.6. The van der Waals surface area contributed by atoms with Crippen molar-refractivity contribution in [2.45, 2.75) is 0 Å². The van der Waals surface area contributed by atoms with Crippen molar-refractivity contribution in [3.8, 4) is 22.6 Å². The van der Waals surface area contributed by atoms with Gasteiger partial charge in [0.25, 0.3) is 0 Å². The summed E-state index contributed by atoms with van der Waals surface area (Å²) in [6, 6.07) is 51.7. The molecule has 0 aliphatic carbocycles. The molecule has 0 heterocycles. The number of para-hydroxylation sites is 4. The molecule has 6 aromatic carbocycles. The van der Waals surface area contributed by atoms with E-state index in [4.69, 9.17) is 9.05 Å². The average molecular weight is 647 g/mol. The monoisotopic (exact) mass is 646 g/mol. The van der Waals surface area contributed by atoms with E-state index in [1.54, 1.807) is 48.5 Å². The second kappa shape index (κ2) is 14.1. The molecule has 0 saturated heterocycles. The third-order valence-electron chi connectivity index (χ3n) is 6.71. The molecule has 0 aliphatic rings. The molecule has 230 valence electrons. The molecule has 4 N–H and O–H groups in total. The molecule has 6 aromatic rings. The molecule has 0 atom stereocenters. The Bertz CT molecular complexity index is 1690. The van der Waals surface area contributed by atoms with Crippen molar-refractivity contribution in [3.05, 3.63) is 170 Å². The van der Waals surface area contributed by atoms with Gasteiger partial charge in [-0.1, -0.05) is 97.1 Å². The highest BCUT2D eigenvalue weighted by Gasteiger charge is 2.29. The Labute approximate surface area is 268 Å². The average Bonchev–Trinajstić information content (AvgIpc) is 3.07. The van der Waals surface area contributed by atoms with E-state index in [2.05, 4.69) is 20.3 Å². The minimum Gasteiger partial charge on any atom is -0.400 e. The summed E-state index contributed by atoms with van der Waals surface area (Å²) in [5.41, 5.74) is 4.57. The highest BCUT2D eigenvalue weighted by molar-refractivity contribution is 7.68. The van der Waals surface area contributed by atoms with Gasteiger partial charge in [0, 0.05) is 22.7 Å². The smallest absolute Gasteiger partial charge is 0.400 e. The van der Waals surface area contributed by atoms with Gasteiger partial charge in [0.15, 0.2) is 0 Å². The van der Waals surface area contributed by atoms with E-state index in [1.165, 1.54) is 0 Å². The fourth-order valence-corrected chi connectivity index (χ4v) is 7.69. The normalized spacial score (nSPS) is 11.2. The number of hydrogen-bond donors (Lipinski definition) is 4. The highest BCUT2D eigenvalue weighted by Crippen LogP contribution is 2.49. The molecule has 0 aliphatic heterocycles. The molecule has 6 rings (SSSR count). The third-order valence-corrected chi connectivity index (χ3v) is 9.87. The molecule has 0 fully saturated rings. The molecule has 0 unspecified atom stereocenters. The molecular weight excluding hydrogens is 614 g/mol. The Kier molecular flexibility index (Phi) is 9.40. The predicted octanol–water partition coefficient (Wildman–Crippen LogP) is 10.8. The standard InChI is InChI=1S/C36H32N4O4P2/c41-45(37-31-13-5-1-6-14-31,38-32-15-7-2-8-16-32)39-33-25-21-29(22-26-33)30-23-27-34(28-24-30)40-46(42,43-35-17-9-3-10-18-35)44-36-19-11-4-12-20-36/h1-28H,(H,40,42)(H3,37,38,39,41). The van der Waals surface area contributed by atoms with E-state index in [-0.39, 0.29) is 0 Å². The van der Waals surface area contributed by atoms with E-state index in [0.717, 1.165) is 22.5 Å². The van der Waals surface area contributed by atoms with Gasteiger partial charge in [0.2, 0.25) is 0 Å². The fourth-order valence-electron chi connectivity index (χ4n) is 4.59. The Morgan fingerprint density at radius 3 is 1.02 bits per heavy atom. The van der Waals surface area contributed by atoms with Crippen LogP contribution in [0.25, 0.3) is 11.1 Å². The fraction of sp³-hybridized carbons (Fsp3) is 0. The zero-order valence-corrected chi connectivity index (χ0v) is 26.5. The third kappa shape index (κ3) is 8.39. The van der Waals surface area contributed by atoms with Crippen molar-refractivity contribution in [2.75, 3.05) is 20.3 Å². The summed E-state index contributed by atoms with van der Waals surface area (Å²) < 4.78 is 39.6. The van der Waals surface area contributed by atoms with Crippen LogP contribution in [0.4, 0.5) is 22.7 Å². The minimum atomic E-state index is -3.85. The Morgan fingerprint density at radius 2 is 0.652 bits per heavy atom. The Morgan fingerprint density at radius 1 is 0.348 bits per heavy atom. The van der Waals surface area contributed by atoms with Gasteiger partial charge in [-0.15, -0.1) is 0 Å². The maximum Gasteiger partial charge on any atom is 0.541 e. The molecule has 0 aromatic heterocycles. The molecule has 46 heavy (non-hydrogen) atoms. The van der Waals surface area contributed by atoms with E-state index >= 15 is 0 Å². The van der Waals surface area contributed by atoms with Crippen LogP contribution >= 0.6 is 15.3 Å². The van der Waals surface area contributed by atoms with Gasteiger partial charge in [-0.05, 0) is 83.9 Å². The van der Waals surface area contributed by atoms with Crippen LogP contribution in [-0.2, 0) is 9.13 Å². The summed E-state index contributed by atoms with van der Waals surface area (Å²) in [7, 11) is -7.20. The maximum absolute atomic E-state index is 14.1. The van der Waals surface area contributed by atoms with Crippen LogP contribution in [0.3, 0.4) is 0 Å². The van der Waals surface area contributed by atoms with E-state index < -0.39 is 15.3 Å². The number of anilines is 4. The summed E-state index contributed by atoms with van der Waals surface area (Å²) in [5.74, 6) is 0.837. The second-order valence-electron chi connectivity index (χ2n) is 10.2. The van der Waals surface area contributed by atoms with Crippen molar-refractivity contribution >= 4 is 38.1 Å². The topological polar surface area (TPSA) is 101 Å². The van der Waals surface area contributed by atoms with Crippen molar-refractivity contribution in [3.63, 3.8) is 0 Å². The van der Waals surface area contributed by atoms with Crippen molar-refractivity contribution in [2.24, 2.45) is 0 Å². The van der Waals surface area contributed by atoms with Crippen molar-refractivity contribution in [1.29, 1.82) is 0 Å². The predicted molar refractivity (Wildman–Crippen MR) is 189 cm³/mol. The molecule has 0 radical (unpaired) electrons. The van der Waals surface area contributed by atoms with Gasteiger partial charge in [-0.3, -0.25) is 9.65 Å². The van der Waals surface area contributed by atoms with E-state index in [1.807, 2.05) is 121 Å². The first-order chi connectivity index (χ1) is 22.4. The largest absolute Gasteiger partial charge is 0.541 e. The minimum absolute atomic E-state index is 0.419. The van der Waals surface area contributed by atoms with Crippen molar-refractivity contribution in [1.82, 2.24) is 0 Å². The van der Waals surface area contributed by atoms with Crippen LogP contribution in [0, 0.1) is 0 Å². The van der Waals surface area contributed by atoms with Crippen LogP contribution in [-0.4, -0.2) is 0 Å². The summed E-state index contributed by atoms with van der Waals surface area (Å²) in [5, 5.41) is 12.4. The van der Waals surface area contributed by atoms with Crippen LogP contribution < -0.4 is 29.4 Å². The molecule has 10 heteroatoms. The highest BCUT2D eigenvalue weighted by atomic mass is 31.2.